The van der Waals surface area contributed by atoms with Gasteiger partial charge in [0, 0.05) is 11.1 Å². The van der Waals surface area contributed by atoms with Crippen molar-refractivity contribution in [3.8, 4) is 5.75 Å². The van der Waals surface area contributed by atoms with Crippen LogP contribution in [-0.4, -0.2) is 11.0 Å². The molecule has 25 heavy (non-hydrogen) atoms. The zero-order valence-corrected chi connectivity index (χ0v) is 16.0. The van der Waals surface area contributed by atoms with Crippen molar-refractivity contribution in [2.24, 2.45) is 10.2 Å². The second kappa shape index (κ2) is 6.47. The average Bonchev–Trinajstić information content (AvgIpc) is 2.89. The molecule has 0 atom stereocenters. The van der Waals surface area contributed by atoms with Crippen molar-refractivity contribution in [1.82, 2.24) is 0 Å². The third-order valence-electron chi connectivity index (χ3n) is 4.06. The van der Waals surface area contributed by atoms with E-state index in [0.29, 0.717) is 17.0 Å². The maximum atomic E-state index is 12.2. The SMILES string of the molecule is Cc1occc1C(=O)N=Nc1cc(C(C)(C)C)c(O)c(C(C)(C)C)c1. The van der Waals surface area contributed by atoms with E-state index < -0.39 is 5.91 Å². The van der Waals surface area contributed by atoms with Crippen LogP contribution in [-0.2, 0) is 10.8 Å². The van der Waals surface area contributed by atoms with Gasteiger partial charge in [-0.15, -0.1) is 10.2 Å². The van der Waals surface area contributed by atoms with Crippen molar-refractivity contribution in [2.45, 2.75) is 59.3 Å². The van der Waals surface area contributed by atoms with E-state index in [1.54, 1.807) is 25.1 Å². The number of phenols is 1. The van der Waals surface area contributed by atoms with E-state index in [1.807, 2.05) is 41.5 Å². The lowest BCUT2D eigenvalue weighted by atomic mass is 9.79. The van der Waals surface area contributed by atoms with Crippen molar-refractivity contribution in [1.29, 1.82) is 0 Å². The van der Waals surface area contributed by atoms with Gasteiger partial charge in [0.25, 0.3) is 5.91 Å². The van der Waals surface area contributed by atoms with Gasteiger partial charge in [0.1, 0.15) is 11.5 Å². The van der Waals surface area contributed by atoms with E-state index in [0.717, 1.165) is 11.1 Å². The topological polar surface area (TPSA) is 75.2 Å². The number of rotatable bonds is 2. The largest absolute Gasteiger partial charge is 0.507 e. The number of phenolic OH excluding ortho intramolecular Hbond substituents is 1. The zero-order valence-electron chi connectivity index (χ0n) is 16.0. The Morgan fingerprint density at radius 3 is 1.96 bits per heavy atom. The summed E-state index contributed by atoms with van der Waals surface area (Å²) in [5.41, 5.74) is 1.97. The van der Waals surface area contributed by atoms with Crippen LogP contribution in [0.5, 0.6) is 5.75 Å². The predicted molar refractivity (Wildman–Crippen MR) is 97.8 cm³/mol. The first-order valence-corrected chi connectivity index (χ1v) is 8.29. The highest BCUT2D eigenvalue weighted by molar-refractivity contribution is 5.95. The second-order valence-electron chi connectivity index (χ2n) is 8.29. The molecule has 1 aromatic carbocycles. The van der Waals surface area contributed by atoms with Crippen molar-refractivity contribution in [2.75, 3.05) is 0 Å². The molecule has 0 spiro atoms. The van der Waals surface area contributed by atoms with Gasteiger partial charge < -0.3 is 9.52 Å². The molecule has 5 heteroatoms. The number of azo groups is 1. The van der Waals surface area contributed by atoms with Crippen LogP contribution in [0.15, 0.2) is 39.1 Å². The fourth-order valence-electron chi connectivity index (χ4n) is 2.58. The van der Waals surface area contributed by atoms with Crippen molar-refractivity contribution in [3.05, 3.63) is 46.9 Å². The molecule has 5 nitrogen and oxygen atoms in total. The lowest BCUT2D eigenvalue weighted by Gasteiger charge is -2.27. The van der Waals surface area contributed by atoms with Gasteiger partial charge in [0.15, 0.2) is 0 Å². The lowest BCUT2D eigenvalue weighted by Crippen LogP contribution is -2.16. The summed E-state index contributed by atoms with van der Waals surface area (Å²) in [5, 5.41) is 18.6. The van der Waals surface area contributed by atoms with Gasteiger partial charge in [-0.05, 0) is 36.0 Å². The Morgan fingerprint density at radius 2 is 1.56 bits per heavy atom. The van der Waals surface area contributed by atoms with Crippen LogP contribution in [0.25, 0.3) is 0 Å². The van der Waals surface area contributed by atoms with Crippen LogP contribution in [0.4, 0.5) is 5.69 Å². The van der Waals surface area contributed by atoms with E-state index >= 15 is 0 Å². The van der Waals surface area contributed by atoms with Gasteiger partial charge in [-0.25, -0.2) is 0 Å². The zero-order chi connectivity index (χ0) is 19.0. The minimum atomic E-state index is -0.450. The second-order valence-corrected chi connectivity index (χ2v) is 8.29. The van der Waals surface area contributed by atoms with Crippen LogP contribution in [0.2, 0.25) is 0 Å². The van der Waals surface area contributed by atoms with E-state index in [9.17, 15) is 9.90 Å². The monoisotopic (exact) mass is 342 g/mol. The van der Waals surface area contributed by atoms with Crippen molar-refractivity contribution in [3.63, 3.8) is 0 Å². The lowest BCUT2D eigenvalue weighted by molar-refractivity contribution is 0.0993. The smallest absolute Gasteiger partial charge is 0.298 e. The van der Waals surface area contributed by atoms with E-state index in [1.165, 1.54) is 6.26 Å². The van der Waals surface area contributed by atoms with Gasteiger partial charge in [-0.2, -0.15) is 0 Å². The molecule has 1 amide bonds. The Bertz CT molecular complexity index is 783. The first-order valence-electron chi connectivity index (χ1n) is 8.29. The summed E-state index contributed by atoms with van der Waals surface area (Å²) in [5.74, 6) is 0.338. The highest BCUT2D eigenvalue weighted by Crippen LogP contribution is 2.41. The number of aromatic hydroxyl groups is 1. The summed E-state index contributed by atoms with van der Waals surface area (Å²) in [6.07, 6.45) is 1.45. The molecule has 0 bridgehead atoms. The first-order chi connectivity index (χ1) is 11.4. The molecular formula is C20H26N2O3. The Morgan fingerprint density at radius 1 is 1.04 bits per heavy atom. The van der Waals surface area contributed by atoms with Gasteiger partial charge in [0.2, 0.25) is 0 Å². The molecule has 2 aromatic rings. The third kappa shape index (κ3) is 4.16. The van der Waals surface area contributed by atoms with Gasteiger partial charge in [-0.3, -0.25) is 4.79 Å². The summed E-state index contributed by atoms with van der Waals surface area (Å²) < 4.78 is 5.13. The Balaban J connectivity index is 2.49. The van der Waals surface area contributed by atoms with Gasteiger partial charge in [0.05, 0.1) is 17.5 Å². The summed E-state index contributed by atoms with van der Waals surface area (Å²) in [7, 11) is 0. The third-order valence-corrected chi connectivity index (χ3v) is 4.06. The molecule has 0 unspecified atom stereocenters. The molecule has 0 radical (unpaired) electrons. The minimum absolute atomic E-state index is 0.263. The fraction of sp³-hybridized carbons (Fsp3) is 0.450. The van der Waals surface area contributed by atoms with E-state index in [2.05, 4.69) is 10.2 Å². The molecule has 0 fully saturated rings. The Labute approximate surface area is 148 Å². The van der Waals surface area contributed by atoms with Crippen LogP contribution in [0, 0.1) is 6.92 Å². The minimum Gasteiger partial charge on any atom is -0.507 e. The van der Waals surface area contributed by atoms with E-state index in [-0.39, 0.29) is 16.6 Å². The maximum absolute atomic E-state index is 12.2. The molecule has 1 N–H and O–H groups in total. The first kappa shape index (κ1) is 18.9. The van der Waals surface area contributed by atoms with Crippen LogP contribution in [0.3, 0.4) is 0 Å². The molecule has 0 aliphatic rings. The summed E-state index contributed by atoms with van der Waals surface area (Å²) in [4.78, 5) is 12.2. The molecule has 1 aromatic heterocycles. The van der Waals surface area contributed by atoms with Crippen molar-refractivity contribution >= 4 is 11.6 Å². The Kier molecular flexibility index (Phi) is 4.89. The van der Waals surface area contributed by atoms with Gasteiger partial charge in [-0.1, -0.05) is 41.5 Å². The normalized spacial score (nSPS) is 12.8. The fourth-order valence-corrected chi connectivity index (χ4v) is 2.58. The number of amides is 1. The molecule has 0 aliphatic heterocycles. The van der Waals surface area contributed by atoms with Crippen LogP contribution < -0.4 is 0 Å². The summed E-state index contributed by atoms with van der Waals surface area (Å²) in [6.45, 7) is 13.8. The highest BCUT2D eigenvalue weighted by Gasteiger charge is 2.26. The number of carbonyl (C=O) groups excluding carboxylic acids is 1. The number of benzene rings is 1. The number of hydrogen-bond acceptors (Lipinski definition) is 4. The number of nitrogens with zero attached hydrogens (tertiary/aromatic N) is 2. The Hall–Kier alpha value is -2.43. The predicted octanol–water partition coefficient (Wildman–Crippen LogP) is 5.81. The van der Waals surface area contributed by atoms with Gasteiger partial charge >= 0.3 is 0 Å². The van der Waals surface area contributed by atoms with E-state index in [4.69, 9.17) is 4.42 Å². The molecule has 134 valence electrons. The quantitative estimate of drug-likeness (QED) is 0.699. The molecular weight excluding hydrogens is 316 g/mol. The molecule has 0 saturated carbocycles. The number of furan rings is 1. The molecule has 0 saturated heterocycles. The standard InChI is InChI=1S/C20H26N2O3/c1-12-14(8-9-25-12)18(24)22-21-13-10-15(19(2,3)4)17(23)16(11-13)20(5,6)7/h8-11,23H,1-7H3. The number of hydrogen-bond donors (Lipinski definition) is 1. The van der Waals surface area contributed by atoms with Crippen LogP contribution >= 0.6 is 0 Å². The van der Waals surface area contributed by atoms with Crippen molar-refractivity contribution < 1.29 is 14.3 Å². The summed E-state index contributed by atoms with van der Waals surface area (Å²) >= 11 is 0. The van der Waals surface area contributed by atoms with Crippen LogP contribution in [0.1, 0.15) is 68.8 Å². The maximum Gasteiger partial charge on any atom is 0.298 e. The number of carbonyl (C=O) groups is 1. The average molecular weight is 342 g/mol. The summed E-state index contributed by atoms with van der Waals surface area (Å²) in [6, 6.07) is 5.14. The molecule has 1 heterocycles. The molecule has 2 rings (SSSR count). The highest BCUT2D eigenvalue weighted by atomic mass is 16.3. The molecule has 0 aliphatic carbocycles. The number of aryl methyl sites for hydroxylation is 1.